The number of imidazole rings is 1. The van der Waals surface area contributed by atoms with Crippen LogP contribution in [0.1, 0.15) is 34.2 Å². The van der Waals surface area contributed by atoms with E-state index in [1.165, 1.54) is 0 Å². The molecule has 4 rings (SSSR count). The van der Waals surface area contributed by atoms with Crippen LogP contribution in [-0.2, 0) is 13.0 Å². The lowest BCUT2D eigenvalue weighted by Crippen LogP contribution is -2.16. The molecule has 0 fully saturated rings. The first kappa shape index (κ1) is 20.0. The highest BCUT2D eigenvalue weighted by atomic mass is 35.5. The minimum atomic E-state index is -0.181. The Morgan fingerprint density at radius 1 is 1.10 bits per heavy atom. The van der Waals surface area contributed by atoms with Gasteiger partial charge in [-0.05, 0) is 66.9 Å². The zero-order valence-corrected chi connectivity index (χ0v) is 17.6. The van der Waals surface area contributed by atoms with Crippen molar-refractivity contribution in [3.63, 3.8) is 0 Å². The van der Waals surface area contributed by atoms with Crippen LogP contribution in [0.2, 0.25) is 5.02 Å². The zero-order chi connectivity index (χ0) is 21.1. The number of carbonyl (C=O) groups excluding carboxylic acids is 1. The lowest BCUT2D eigenvalue weighted by atomic mass is 10.2. The number of fused-ring (bicyclic) bond motifs is 1. The molecule has 0 spiro atoms. The predicted molar refractivity (Wildman–Crippen MR) is 119 cm³/mol. The Bertz CT molecular complexity index is 1180. The molecule has 0 saturated carbocycles. The van der Waals surface area contributed by atoms with Crippen molar-refractivity contribution in [3.05, 3.63) is 94.4 Å². The fourth-order valence-corrected chi connectivity index (χ4v) is 3.44. The molecule has 0 bridgehead atoms. The second-order valence-corrected chi connectivity index (χ2v) is 7.48. The third kappa shape index (κ3) is 4.16. The lowest BCUT2D eigenvalue weighted by molar-refractivity contribution is 0.102. The Labute approximate surface area is 180 Å². The molecule has 0 saturated heterocycles. The van der Waals surface area contributed by atoms with Gasteiger partial charge in [-0.2, -0.15) is 0 Å². The number of halogens is 1. The molecule has 6 heteroatoms. The van der Waals surface area contributed by atoms with Crippen molar-refractivity contribution in [1.29, 1.82) is 0 Å². The van der Waals surface area contributed by atoms with Gasteiger partial charge in [0.2, 0.25) is 0 Å². The number of hydrogen-bond acceptors (Lipinski definition) is 3. The SMILES string of the molecule is CCc1nc2c(C)cccn2c1C(=O)Nc1ccc(OCc2ccc(Cl)cc2)cc1. The van der Waals surface area contributed by atoms with Crippen molar-refractivity contribution in [2.45, 2.75) is 26.9 Å². The van der Waals surface area contributed by atoms with Gasteiger partial charge in [-0.3, -0.25) is 9.20 Å². The summed E-state index contributed by atoms with van der Waals surface area (Å²) in [5.74, 6) is 0.544. The van der Waals surface area contributed by atoms with Gasteiger partial charge in [0.05, 0.1) is 5.69 Å². The Morgan fingerprint density at radius 3 is 2.53 bits per heavy atom. The molecule has 30 heavy (non-hydrogen) atoms. The number of aromatic nitrogens is 2. The highest BCUT2D eigenvalue weighted by Crippen LogP contribution is 2.21. The van der Waals surface area contributed by atoms with E-state index in [2.05, 4.69) is 10.3 Å². The minimum absolute atomic E-state index is 0.181. The molecule has 1 N–H and O–H groups in total. The maximum atomic E-state index is 13.0. The van der Waals surface area contributed by atoms with Crippen molar-refractivity contribution in [2.75, 3.05) is 5.32 Å². The van der Waals surface area contributed by atoms with E-state index in [9.17, 15) is 4.79 Å². The van der Waals surface area contributed by atoms with E-state index in [0.717, 1.165) is 28.2 Å². The van der Waals surface area contributed by atoms with Crippen LogP contribution in [0.5, 0.6) is 5.75 Å². The highest BCUT2D eigenvalue weighted by Gasteiger charge is 2.19. The van der Waals surface area contributed by atoms with Crippen LogP contribution in [0.25, 0.3) is 5.65 Å². The first-order valence-electron chi connectivity index (χ1n) is 9.80. The second-order valence-electron chi connectivity index (χ2n) is 7.04. The van der Waals surface area contributed by atoms with Gasteiger partial charge < -0.3 is 10.1 Å². The van der Waals surface area contributed by atoms with Crippen LogP contribution < -0.4 is 10.1 Å². The van der Waals surface area contributed by atoms with E-state index in [1.807, 2.05) is 85.1 Å². The van der Waals surface area contributed by atoms with Crippen LogP contribution >= 0.6 is 11.6 Å². The Hall–Kier alpha value is -3.31. The molecule has 5 nitrogen and oxygen atoms in total. The van der Waals surface area contributed by atoms with Crippen molar-refractivity contribution in [1.82, 2.24) is 9.38 Å². The van der Waals surface area contributed by atoms with Gasteiger partial charge in [0, 0.05) is 16.9 Å². The number of aryl methyl sites for hydroxylation is 2. The molecule has 0 atom stereocenters. The number of nitrogens with one attached hydrogen (secondary N) is 1. The van der Waals surface area contributed by atoms with E-state index in [0.29, 0.717) is 29.4 Å². The summed E-state index contributed by atoms with van der Waals surface area (Å²) in [6.07, 6.45) is 2.55. The lowest BCUT2D eigenvalue weighted by Gasteiger charge is -2.09. The predicted octanol–water partition coefficient (Wildman–Crippen LogP) is 5.69. The van der Waals surface area contributed by atoms with Gasteiger partial charge in [0.25, 0.3) is 5.91 Å². The number of nitrogens with zero attached hydrogens (tertiary/aromatic N) is 2. The Kier molecular flexibility index (Phi) is 5.72. The van der Waals surface area contributed by atoms with Crippen LogP contribution in [0.4, 0.5) is 5.69 Å². The average Bonchev–Trinajstić information content (AvgIpc) is 3.14. The summed E-state index contributed by atoms with van der Waals surface area (Å²) in [5, 5.41) is 3.67. The summed E-state index contributed by atoms with van der Waals surface area (Å²) in [6.45, 7) is 4.44. The number of benzene rings is 2. The summed E-state index contributed by atoms with van der Waals surface area (Å²) < 4.78 is 7.66. The number of hydrogen-bond donors (Lipinski definition) is 1. The molecule has 2 aromatic carbocycles. The first-order valence-corrected chi connectivity index (χ1v) is 10.2. The Balaban J connectivity index is 1.47. The third-order valence-corrected chi connectivity index (χ3v) is 5.15. The number of carbonyl (C=O) groups is 1. The minimum Gasteiger partial charge on any atom is -0.489 e. The fraction of sp³-hybridized carbons (Fsp3) is 0.167. The molecule has 2 heterocycles. The van der Waals surface area contributed by atoms with E-state index < -0.39 is 0 Å². The summed E-state index contributed by atoms with van der Waals surface area (Å²) in [6, 6.07) is 18.8. The van der Waals surface area contributed by atoms with Gasteiger partial charge in [0.15, 0.2) is 0 Å². The summed E-state index contributed by atoms with van der Waals surface area (Å²) >= 11 is 5.90. The molecule has 0 aliphatic carbocycles. The fourth-order valence-electron chi connectivity index (χ4n) is 3.31. The standard InChI is InChI=1S/C24H22ClN3O2/c1-3-21-22(28-14-4-5-16(2)23(28)27-21)24(29)26-19-10-12-20(13-11-19)30-15-17-6-8-18(25)9-7-17/h4-14H,3,15H2,1-2H3,(H,26,29). The molecule has 4 aromatic rings. The van der Waals surface area contributed by atoms with E-state index in [-0.39, 0.29) is 5.91 Å². The molecule has 2 aromatic heterocycles. The van der Waals surface area contributed by atoms with Crippen LogP contribution in [0.3, 0.4) is 0 Å². The molecule has 0 aliphatic heterocycles. The van der Waals surface area contributed by atoms with E-state index in [1.54, 1.807) is 0 Å². The topological polar surface area (TPSA) is 55.6 Å². The number of pyridine rings is 1. The van der Waals surface area contributed by atoms with E-state index in [4.69, 9.17) is 16.3 Å². The van der Waals surface area contributed by atoms with Crippen molar-refractivity contribution < 1.29 is 9.53 Å². The van der Waals surface area contributed by atoms with Gasteiger partial charge in [-0.25, -0.2) is 4.98 Å². The maximum absolute atomic E-state index is 13.0. The highest BCUT2D eigenvalue weighted by molar-refractivity contribution is 6.30. The largest absolute Gasteiger partial charge is 0.489 e. The summed E-state index contributed by atoms with van der Waals surface area (Å²) in [5.41, 5.74) is 4.93. The number of anilines is 1. The van der Waals surface area contributed by atoms with Crippen LogP contribution in [-0.4, -0.2) is 15.3 Å². The molecular formula is C24H22ClN3O2. The van der Waals surface area contributed by atoms with Gasteiger partial charge in [-0.1, -0.05) is 36.7 Å². The quantitative estimate of drug-likeness (QED) is 0.436. The van der Waals surface area contributed by atoms with Gasteiger partial charge in [0.1, 0.15) is 23.7 Å². The number of ether oxygens (including phenoxy) is 1. The molecule has 0 unspecified atom stereocenters. The van der Waals surface area contributed by atoms with Crippen molar-refractivity contribution in [2.24, 2.45) is 0 Å². The summed E-state index contributed by atoms with van der Waals surface area (Å²) in [7, 11) is 0. The third-order valence-electron chi connectivity index (χ3n) is 4.90. The molecular weight excluding hydrogens is 398 g/mol. The molecule has 152 valence electrons. The van der Waals surface area contributed by atoms with Crippen molar-refractivity contribution in [3.8, 4) is 5.75 Å². The molecule has 0 aliphatic rings. The van der Waals surface area contributed by atoms with Crippen LogP contribution in [0.15, 0.2) is 66.9 Å². The average molecular weight is 420 g/mol. The number of amides is 1. The van der Waals surface area contributed by atoms with Gasteiger partial charge >= 0.3 is 0 Å². The maximum Gasteiger partial charge on any atom is 0.274 e. The Morgan fingerprint density at radius 2 is 1.83 bits per heavy atom. The normalized spacial score (nSPS) is 10.9. The zero-order valence-electron chi connectivity index (χ0n) is 16.9. The number of rotatable bonds is 6. The summed E-state index contributed by atoms with van der Waals surface area (Å²) in [4.78, 5) is 17.6. The smallest absolute Gasteiger partial charge is 0.274 e. The molecule has 0 radical (unpaired) electrons. The molecule has 1 amide bonds. The van der Waals surface area contributed by atoms with E-state index >= 15 is 0 Å². The van der Waals surface area contributed by atoms with Crippen molar-refractivity contribution >= 4 is 28.8 Å². The first-order chi connectivity index (χ1) is 14.5. The monoisotopic (exact) mass is 419 g/mol. The van der Waals surface area contributed by atoms with Gasteiger partial charge in [-0.15, -0.1) is 0 Å². The van der Waals surface area contributed by atoms with Crippen LogP contribution in [0, 0.1) is 6.92 Å². The second kappa shape index (κ2) is 8.59.